The first-order chi connectivity index (χ1) is 10.0. The van der Waals surface area contributed by atoms with Crippen LogP contribution in [0.4, 0.5) is 0 Å². The zero-order valence-corrected chi connectivity index (χ0v) is 12.3. The maximum absolute atomic E-state index is 12.2. The summed E-state index contributed by atoms with van der Waals surface area (Å²) in [7, 11) is 0. The zero-order valence-electron chi connectivity index (χ0n) is 12.3. The van der Waals surface area contributed by atoms with Crippen molar-refractivity contribution in [2.75, 3.05) is 0 Å². The highest BCUT2D eigenvalue weighted by atomic mass is 16.1. The number of nitriles is 1. The van der Waals surface area contributed by atoms with E-state index in [0.29, 0.717) is 18.4 Å². The second-order valence-corrected chi connectivity index (χ2v) is 5.71. The standard InChI is InChI=1S/C18H18N2O/c1-18(2,17-12-14(13-19)9-11-20-17)10-8-16(21)15-6-4-3-5-7-15/h3-7,9,11-12H,8,10H2,1-2H3. The number of hydrogen-bond acceptors (Lipinski definition) is 3. The molecule has 0 atom stereocenters. The fourth-order valence-corrected chi connectivity index (χ4v) is 2.19. The molecule has 0 fully saturated rings. The molecule has 0 spiro atoms. The summed E-state index contributed by atoms with van der Waals surface area (Å²) in [5.41, 5.74) is 1.95. The Morgan fingerprint density at radius 3 is 2.62 bits per heavy atom. The molecule has 0 unspecified atom stereocenters. The van der Waals surface area contributed by atoms with Crippen LogP contribution in [-0.4, -0.2) is 10.8 Å². The fraction of sp³-hybridized carbons (Fsp3) is 0.278. The first kappa shape index (κ1) is 14.9. The van der Waals surface area contributed by atoms with Crippen LogP contribution in [0.15, 0.2) is 48.7 Å². The second kappa shape index (κ2) is 6.32. The molecule has 2 rings (SSSR count). The molecular formula is C18H18N2O. The molecule has 0 aliphatic heterocycles. The van der Waals surface area contributed by atoms with Gasteiger partial charge in [0.1, 0.15) is 0 Å². The van der Waals surface area contributed by atoms with Crippen LogP contribution in [0, 0.1) is 11.3 Å². The van der Waals surface area contributed by atoms with Crippen LogP contribution >= 0.6 is 0 Å². The van der Waals surface area contributed by atoms with E-state index >= 15 is 0 Å². The fourth-order valence-electron chi connectivity index (χ4n) is 2.19. The van der Waals surface area contributed by atoms with Crippen molar-refractivity contribution in [1.82, 2.24) is 4.98 Å². The molecular weight excluding hydrogens is 260 g/mol. The van der Waals surface area contributed by atoms with E-state index < -0.39 is 0 Å². The molecule has 2 aromatic rings. The molecule has 0 aliphatic carbocycles. The maximum atomic E-state index is 12.2. The lowest BCUT2D eigenvalue weighted by Gasteiger charge is -2.23. The Morgan fingerprint density at radius 1 is 1.24 bits per heavy atom. The van der Waals surface area contributed by atoms with Gasteiger partial charge in [-0.2, -0.15) is 5.26 Å². The third-order valence-electron chi connectivity index (χ3n) is 3.66. The van der Waals surface area contributed by atoms with Crippen LogP contribution in [0.25, 0.3) is 0 Å². The molecule has 1 aromatic heterocycles. The summed E-state index contributed by atoms with van der Waals surface area (Å²) in [5.74, 6) is 0.139. The van der Waals surface area contributed by atoms with Crippen molar-refractivity contribution >= 4 is 5.78 Å². The van der Waals surface area contributed by atoms with Gasteiger partial charge in [-0.05, 0) is 18.6 Å². The lowest BCUT2D eigenvalue weighted by molar-refractivity contribution is 0.0972. The highest BCUT2D eigenvalue weighted by Gasteiger charge is 2.23. The molecule has 106 valence electrons. The first-order valence-corrected chi connectivity index (χ1v) is 6.98. The molecule has 0 aliphatic rings. The maximum Gasteiger partial charge on any atom is 0.162 e. The van der Waals surface area contributed by atoms with Gasteiger partial charge in [-0.15, -0.1) is 0 Å². The van der Waals surface area contributed by atoms with Crippen LogP contribution in [0.3, 0.4) is 0 Å². The average Bonchev–Trinajstić information content (AvgIpc) is 2.53. The molecule has 0 N–H and O–H groups in total. The Labute approximate surface area is 125 Å². The summed E-state index contributed by atoms with van der Waals surface area (Å²) < 4.78 is 0. The van der Waals surface area contributed by atoms with E-state index in [4.69, 9.17) is 5.26 Å². The average molecular weight is 278 g/mol. The minimum Gasteiger partial charge on any atom is -0.294 e. The third-order valence-corrected chi connectivity index (χ3v) is 3.66. The van der Waals surface area contributed by atoms with Crippen LogP contribution in [-0.2, 0) is 5.41 Å². The number of ketones is 1. The van der Waals surface area contributed by atoms with Crippen molar-refractivity contribution in [3.05, 3.63) is 65.5 Å². The molecule has 1 heterocycles. The van der Waals surface area contributed by atoms with Gasteiger partial charge in [0, 0.05) is 29.3 Å². The van der Waals surface area contributed by atoms with Crippen molar-refractivity contribution in [1.29, 1.82) is 5.26 Å². The van der Waals surface area contributed by atoms with Crippen molar-refractivity contribution < 1.29 is 4.79 Å². The van der Waals surface area contributed by atoms with E-state index in [9.17, 15) is 4.79 Å². The van der Waals surface area contributed by atoms with Gasteiger partial charge in [-0.3, -0.25) is 9.78 Å². The Hall–Kier alpha value is -2.47. The van der Waals surface area contributed by atoms with Crippen LogP contribution in [0.1, 0.15) is 48.3 Å². The number of nitrogens with zero attached hydrogens (tertiary/aromatic N) is 2. The van der Waals surface area contributed by atoms with E-state index in [1.807, 2.05) is 30.3 Å². The minimum absolute atomic E-state index is 0.139. The monoisotopic (exact) mass is 278 g/mol. The van der Waals surface area contributed by atoms with Gasteiger partial charge < -0.3 is 0 Å². The number of carbonyl (C=O) groups excluding carboxylic acids is 1. The van der Waals surface area contributed by atoms with Gasteiger partial charge in [-0.25, -0.2) is 0 Å². The predicted octanol–water partition coefficient (Wildman–Crippen LogP) is 3.89. The molecule has 3 heteroatoms. The summed E-state index contributed by atoms with van der Waals surface area (Å²) >= 11 is 0. The normalized spacial score (nSPS) is 10.9. The highest BCUT2D eigenvalue weighted by molar-refractivity contribution is 5.96. The van der Waals surface area contributed by atoms with Gasteiger partial charge in [0.05, 0.1) is 11.6 Å². The van der Waals surface area contributed by atoms with Crippen LogP contribution < -0.4 is 0 Å². The molecule has 0 saturated heterocycles. The Morgan fingerprint density at radius 2 is 1.95 bits per heavy atom. The summed E-state index contributed by atoms with van der Waals surface area (Å²) in [6.07, 6.45) is 2.81. The minimum atomic E-state index is -0.239. The molecule has 21 heavy (non-hydrogen) atoms. The van der Waals surface area contributed by atoms with E-state index in [1.165, 1.54) is 0 Å². The SMILES string of the molecule is CC(C)(CCC(=O)c1ccccc1)c1cc(C#N)ccn1. The smallest absolute Gasteiger partial charge is 0.162 e. The van der Waals surface area contributed by atoms with Gasteiger partial charge in [-0.1, -0.05) is 44.2 Å². The molecule has 0 saturated carbocycles. The van der Waals surface area contributed by atoms with E-state index in [1.54, 1.807) is 18.3 Å². The van der Waals surface area contributed by atoms with Gasteiger partial charge in [0.25, 0.3) is 0 Å². The third kappa shape index (κ3) is 3.76. The van der Waals surface area contributed by atoms with Gasteiger partial charge in [0.2, 0.25) is 0 Å². The first-order valence-electron chi connectivity index (χ1n) is 6.98. The number of pyridine rings is 1. The van der Waals surface area contributed by atoms with Crippen LogP contribution in [0.5, 0.6) is 0 Å². The Bertz CT molecular complexity index is 669. The topological polar surface area (TPSA) is 53.8 Å². The summed E-state index contributed by atoms with van der Waals surface area (Å²) in [6, 6.07) is 14.9. The van der Waals surface area contributed by atoms with E-state index in [0.717, 1.165) is 11.3 Å². The highest BCUT2D eigenvalue weighted by Crippen LogP contribution is 2.28. The Kier molecular flexibility index (Phi) is 4.49. The summed E-state index contributed by atoms with van der Waals surface area (Å²) in [6.45, 7) is 4.10. The molecule has 0 amide bonds. The van der Waals surface area contributed by atoms with Crippen molar-refractivity contribution in [2.45, 2.75) is 32.1 Å². The molecule has 0 radical (unpaired) electrons. The van der Waals surface area contributed by atoms with Crippen LogP contribution in [0.2, 0.25) is 0 Å². The van der Waals surface area contributed by atoms with Crippen molar-refractivity contribution in [2.24, 2.45) is 0 Å². The summed E-state index contributed by atoms with van der Waals surface area (Å²) in [5, 5.41) is 8.96. The number of benzene rings is 1. The number of carbonyl (C=O) groups is 1. The lowest BCUT2D eigenvalue weighted by Crippen LogP contribution is -2.20. The second-order valence-electron chi connectivity index (χ2n) is 5.71. The zero-order chi connectivity index (χ0) is 15.3. The lowest BCUT2D eigenvalue weighted by atomic mass is 9.82. The summed E-state index contributed by atoms with van der Waals surface area (Å²) in [4.78, 5) is 16.5. The number of hydrogen-bond donors (Lipinski definition) is 0. The number of Topliss-reactive ketones (excluding diaryl/α,β-unsaturated/α-hetero) is 1. The molecule has 3 nitrogen and oxygen atoms in total. The van der Waals surface area contributed by atoms with Crippen molar-refractivity contribution in [3.63, 3.8) is 0 Å². The largest absolute Gasteiger partial charge is 0.294 e. The van der Waals surface area contributed by atoms with E-state index in [-0.39, 0.29) is 11.2 Å². The molecule has 1 aromatic carbocycles. The van der Waals surface area contributed by atoms with E-state index in [2.05, 4.69) is 24.9 Å². The van der Waals surface area contributed by atoms with Crippen molar-refractivity contribution in [3.8, 4) is 6.07 Å². The number of rotatable bonds is 5. The predicted molar refractivity (Wildman–Crippen MR) is 82.0 cm³/mol. The molecule has 0 bridgehead atoms. The quantitative estimate of drug-likeness (QED) is 0.779. The Balaban J connectivity index is 2.07. The van der Waals surface area contributed by atoms with Gasteiger partial charge in [0.15, 0.2) is 5.78 Å². The van der Waals surface area contributed by atoms with Gasteiger partial charge >= 0.3 is 0 Å². The number of aromatic nitrogens is 1.